The van der Waals surface area contributed by atoms with E-state index >= 15 is 0 Å². The molecule has 9 atom stereocenters. The summed E-state index contributed by atoms with van der Waals surface area (Å²) in [4.78, 5) is 23.0. The van der Waals surface area contributed by atoms with Gasteiger partial charge >= 0.3 is 7.82 Å². The molecule has 0 bridgehead atoms. The molecular formula is C32H64NO11P. The largest absolute Gasteiger partial charge is 0.472 e. The van der Waals surface area contributed by atoms with Crippen LogP contribution in [0.3, 0.4) is 0 Å². The van der Waals surface area contributed by atoms with Gasteiger partial charge in [0.25, 0.3) is 0 Å². The Balaban J connectivity index is 2.63. The molecule has 1 rings (SSSR count). The van der Waals surface area contributed by atoms with Crippen molar-refractivity contribution < 1.29 is 53.9 Å². The van der Waals surface area contributed by atoms with Crippen molar-refractivity contribution in [3.63, 3.8) is 0 Å². The summed E-state index contributed by atoms with van der Waals surface area (Å²) in [6.45, 7) is 3.77. The molecule has 0 radical (unpaired) electrons. The number of nitrogens with one attached hydrogen (secondary N) is 1. The third kappa shape index (κ3) is 17.9. The van der Waals surface area contributed by atoms with Crippen LogP contribution in [0.2, 0.25) is 0 Å². The number of amides is 1. The van der Waals surface area contributed by atoms with E-state index in [2.05, 4.69) is 19.2 Å². The standard InChI is InChI=1S/C32H64NO11P/c1-3-5-7-9-11-13-14-15-17-19-21-25(34)24(33-26(35)22-20-18-16-12-10-8-6-4-2)23-43-45(41,42)44-32-30(39)28(37)27(36)29(38)31(32)40/h24-25,27-32,34,36-40H,3-23H2,1-2H3,(H,33,35)(H,41,42)/t24-,25+,27?,28+,29?,30?,31?,32?/m0/s1. The molecule has 1 fully saturated rings. The van der Waals surface area contributed by atoms with E-state index in [1.165, 1.54) is 64.2 Å². The van der Waals surface area contributed by atoms with Gasteiger partial charge in [-0.15, -0.1) is 0 Å². The number of rotatable bonds is 27. The van der Waals surface area contributed by atoms with E-state index < -0.39 is 63.2 Å². The maximum atomic E-state index is 12.7. The van der Waals surface area contributed by atoms with Crippen LogP contribution in [0.15, 0.2) is 0 Å². The molecule has 1 aliphatic rings. The molecule has 1 aliphatic carbocycles. The first kappa shape index (κ1) is 42.4. The summed E-state index contributed by atoms with van der Waals surface area (Å²) in [6, 6.07) is -1.02. The maximum Gasteiger partial charge on any atom is 0.472 e. The molecule has 8 N–H and O–H groups in total. The minimum absolute atomic E-state index is 0.238. The summed E-state index contributed by atoms with van der Waals surface area (Å²) in [6.07, 6.45) is 7.56. The lowest BCUT2D eigenvalue weighted by atomic mass is 9.85. The SMILES string of the molecule is CCCCCCCCCCCC[C@@H](O)[C@H](COP(=O)(O)OC1C(O)C(O)C(O)[C@@H](O)C1O)NC(=O)CCCCCCCCCC. The Morgan fingerprint density at radius 1 is 0.667 bits per heavy atom. The molecule has 6 unspecified atom stereocenters. The van der Waals surface area contributed by atoms with Crippen molar-refractivity contribution in [1.82, 2.24) is 5.32 Å². The molecule has 12 nitrogen and oxygen atoms in total. The second kappa shape index (κ2) is 24.5. The summed E-state index contributed by atoms with van der Waals surface area (Å²) in [7, 11) is -5.03. The average molecular weight is 670 g/mol. The van der Waals surface area contributed by atoms with E-state index in [0.717, 1.165) is 38.5 Å². The Morgan fingerprint density at radius 2 is 1.07 bits per heavy atom. The highest BCUT2D eigenvalue weighted by molar-refractivity contribution is 7.47. The zero-order valence-electron chi connectivity index (χ0n) is 27.7. The maximum absolute atomic E-state index is 12.7. The first-order chi connectivity index (χ1) is 21.4. The molecule has 1 saturated carbocycles. The van der Waals surface area contributed by atoms with E-state index in [9.17, 15) is 44.9 Å². The molecule has 45 heavy (non-hydrogen) atoms. The van der Waals surface area contributed by atoms with Crippen molar-refractivity contribution in [2.75, 3.05) is 6.61 Å². The molecule has 0 spiro atoms. The van der Waals surface area contributed by atoms with Gasteiger partial charge in [-0.1, -0.05) is 123 Å². The molecule has 0 aliphatic heterocycles. The van der Waals surface area contributed by atoms with Gasteiger partial charge in [0.15, 0.2) is 0 Å². The van der Waals surface area contributed by atoms with Gasteiger partial charge in [-0.2, -0.15) is 0 Å². The summed E-state index contributed by atoms with van der Waals surface area (Å²) in [5, 5.41) is 63.4. The minimum atomic E-state index is -5.03. The van der Waals surface area contributed by atoms with Crippen molar-refractivity contribution in [2.45, 2.75) is 191 Å². The number of carbonyl (C=O) groups excluding carboxylic acids is 1. The van der Waals surface area contributed by atoms with Crippen LogP contribution < -0.4 is 5.32 Å². The number of unbranched alkanes of at least 4 members (excludes halogenated alkanes) is 16. The molecule has 0 saturated heterocycles. The van der Waals surface area contributed by atoms with Crippen LogP contribution >= 0.6 is 7.82 Å². The van der Waals surface area contributed by atoms with Crippen molar-refractivity contribution >= 4 is 13.7 Å². The highest BCUT2D eigenvalue weighted by atomic mass is 31.2. The number of hydrogen-bond donors (Lipinski definition) is 8. The first-order valence-electron chi connectivity index (χ1n) is 17.5. The predicted molar refractivity (Wildman–Crippen MR) is 172 cm³/mol. The fraction of sp³-hybridized carbons (Fsp3) is 0.969. The molecule has 1 amide bonds. The van der Waals surface area contributed by atoms with Crippen molar-refractivity contribution in [2.24, 2.45) is 0 Å². The van der Waals surface area contributed by atoms with E-state index in [1.807, 2.05) is 0 Å². The van der Waals surface area contributed by atoms with Gasteiger partial charge in [0.1, 0.15) is 36.6 Å². The minimum Gasteiger partial charge on any atom is -0.391 e. The number of phosphoric acid groups is 1. The number of phosphoric ester groups is 1. The highest BCUT2D eigenvalue weighted by Crippen LogP contribution is 2.47. The zero-order chi connectivity index (χ0) is 33.7. The van der Waals surface area contributed by atoms with Crippen molar-refractivity contribution in [1.29, 1.82) is 0 Å². The second-order valence-corrected chi connectivity index (χ2v) is 14.1. The fourth-order valence-electron chi connectivity index (χ4n) is 5.67. The van der Waals surface area contributed by atoms with Crippen LogP contribution in [-0.4, -0.2) is 96.8 Å². The topological polar surface area (TPSA) is 206 Å². The molecule has 13 heteroatoms. The van der Waals surface area contributed by atoms with Crippen LogP contribution in [0, 0.1) is 0 Å². The fourth-order valence-corrected chi connectivity index (χ4v) is 6.64. The Hall–Kier alpha value is -0.660. The Morgan fingerprint density at radius 3 is 1.53 bits per heavy atom. The van der Waals surface area contributed by atoms with E-state index in [0.29, 0.717) is 19.3 Å². The number of carbonyl (C=O) groups is 1. The summed E-state index contributed by atoms with van der Waals surface area (Å²) in [5.74, 6) is -0.316. The predicted octanol–water partition coefficient (Wildman–Crippen LogP) is 3.99. The summed E-state index contributed by atoms with van der Waals surface area (Å²) in [5.41, 5.74) is 0. The second-order valence-electron chi connectivity index (χ2n) is 12.7. The highest BCUT2D eigenvalue weighted by Gasteiger charge is 2.51. The van der Waals surface area contributed by atoms with Gasteiger partial charge in [0.2, 0.25) is 5.91 Å². The Labute approximate surface area is 270 Å². The van der Waals surface area contributed by atoms with E-state index in [-0.39, 0.29) is 12.3 Å². The lowest BCUT2D eigenvalue weighted by Crippen LogP contribution is -2.64. The number of aliphatic hydroxyl groups excluding tert-OH is 6. The third-order valence-corrected chi connectivity index (χ3v) is 9.65. The molecule has 0 heterocycles. The van der Waals surface area contributed by atoms with Gasteiger partial charge in [0, 0.05) is 6.42 Å². The Bertz CT molecular complexity index is 791. The molecule has 0 aromatic rings. The monoisotopic (exact) mass is 669 g/mol. The smallest absolute Gasteiger partial charge is 0.391 e. The molecule has 268 valence electrons. The third-order valence-electron chi connectivity index (χ3n) is 8.67. The van der Waals surface area contributed by atoms with Gasteiger partial charge in [-0.05, 0) is 12.8 Å². The molecule has 0 aromatic carbocycles. The normalized spacial score (nSPS) is 26.3. The van der Waals surface area contributed by atoms with E-state index in [1.54, 1.807) is 0 Å². The number of hydrogen-bond acceptors (Lipinski definition) is 10. The zero-order valence-corrected chi connectivity index (χ0v) is 28.6. The van der Waals surface area contributed by atoms with Crippen LogP contribution in [0.25, 0.3) is 0 Å². The van der Waals surface area contributed by atoms with Crippen LogP contribution in [0.5, 0.6) is 0 Å². The van der Waals surface area contributed by atoms with Gasteiger partial charge in [-0.25, -0.2) is 4.57 Å². The Kier molecular flexibility index (Phi) is 23.0. The summed E-state index contributed by atoms with van der Waals surface area (Å²) < 4.78 is 22.7. The first-order valence-corrected chi connectivity index (χ1v) is 19.0. The lowest BCUT2D eigenvalue weighted by Gasteiger charge is -2.41. The molecule has 0 aromatic heterocycles. The van der Waals surface area contributed by atoms with Crippen molar-refractivity contribution in [3.8, 4) is 0 Å². The van der Waals surface area contributed by atoms with Gasteiger partial charge in [-0.3, -0.25) is 13.8 Å². The molecular weight excluding hydrogens is 605 g/mol. The summed E-state index contributed by atoms with van der Waals surface area (Å²) >= 11 is 0. The number of aliphatic hydroxyl groups is 6. The van der Waals surface area contributed by atoms with E-state index in [4.69, 9.17) is 9.05 Å². The van der Waals surface area contributed by atoms with Gasteiger partial charge in [0.05, 0.1) is 18.8 Å². The van der Waals surface area contributed by atoms with Crippen LogP contribution in [0.1, 0.15) is 142 Å². The van der Waals surface area contributed by atoms with Gasteiger partial charge < -0.3 is 40.8 Å². The van der Waals surface area contributed by atoms with Crippen molar-refractivity contribution in [3.05, 3.63) is 0 Å². The average Bonchev–Trinajstić information content (AvgIpc) is 3.01. The quantitative estimate of drug-likeness (QED) is 0.0464. The van der Waals surface area contributed by atoms with Crippen LogP contribution in [-0.2, 0) is 18.4 Å². The lowest BCUT2D eigenvalue weighted by molar-refractivity contribution is -0.220. The van der Waals surface area contributed by atoms with Crippen LogP contribution in [0.4, 0.5) is 0 Å².